The molecule has 17 heavy (non-hydrogen) atoms. The smallest absolute Gasteiger partial charge is 0.183 e. The van der Waals surface area contributed by atoms with Crippen LogP contribution in [0.1, 0.15) is 13.8 Å². The Morgan fingerprint density at radius 2 is 2.29 bits per heavy atom. The molecule has 0 spiro atoms. The number of fused-ring (bicyclic) bond motifs is 1. The summed E-state index contributed by atoms with van der Waals surface area (Å²) in [6, 6.07) is 4.64. The van der Waals surface area contributed by atoms with Crippen molar-refractivity contribution >= 4 is 26.7 Å². The summed E-state index contributed by atoms with van der Waals surface area (Å²) in [5.41, 5.74) is 0.697. The van der Waals surface area contributed by atoms with Gasteiger partial charge < -0.3 is 10.1 Å². The van der Waals surface area contributed by atoms with E-state index in [4.69, 9.17) is 4.74 Å². The lowest BCUT2D eigenvalue weighted by molar-refractivity contribution is 0.0870. The molecule has 0 fully saturated rings. The predicted molar refractivity (Wildman–Crippen MR) is 69.2 cm³/mol. The molecule has 1 heterocycles. The highest BCUT2D eigenvalue weighted by atomic mass is 32.1. The summed E-state index contributed by atoms with van der Waals surface area (Å²) in [4.78, 5) is 4.30. The van der Waals surface area contributed by atoms with Crippen LogP contribution in [-0.4, -0.2) is 24.2 Å². The van der Waals surface area contributed by atoms with Crippen molar-refractivity contribution < 1.29 is 9.13 Å². The maximum absolute atomic E-state index is 13.0. The van der Waals surface area contributed by atoms with Crippen LogP contribution in [0.15, 0.2) is 18.2 Å². The van der Waals surface area contributed by atoms with Crippen molar-refractivity contribution in [3.8, 4) is 0 Å². The first-order valence-corrected chi connectivity index (χ1v) is 6.38. The molecule has 1 N–H and O–H groups in total. The Balaban J connectivity index is 1.95. The van der Waals surface area contributed by atoms with Gasteiger partial charge in [0.15, 0.2) is 5.13 Å². The molecule has 0 unspecified atom stereocenters. The second kappa shape index (κ2) is 5.42. The van der Waals surface area contributed by atoms with Crippen molar-refractivity contribution in [2.24, 2.45) is 0 Å². The van der Waals surface area contributed by atoms with Crippen molar-refractivity contribution in [3.05, 3.63) is 24.0 Å². The molecule has 0 aliphatic carbocycles. The molecule has 92 valence electrons. The number of anilines is 1. The van der Waals surface area contributed by atoms with Crippen LogP contribution in [0.2, 0.25) is 0 Å². The fraction of sp³-hybridized carbons (Fsp3) is 0.417. The van der Waals surface area contributed by atoms with Crippen LogP contribution in [0.25, 0.3) is 10.2 Å². The predicted octanol–water partition coefficient (Wildman–Crippen LogP) is 3.27. The van der Waals surface area contributed by atoms with Crippen LogP contribution in [0, 0.1) is 5.82 Å². The van der Waals surface area contributed by atoms with Gasteiger partial charge in [-0.1, -0.05) is 11.3 Å². The third kappa shape index (κ3) is 3.38. The number of nitrogens with one attached hydrogen (secondary N) is 1. The Morgan fingerprint density at radius 1 is 1.47 bits per heavy atom. The normalized spacial score (nSPS) is 11.3. The van der Waals surface area contributed by atoms with E-state index in [2.05, 4.69) is 10.3 Å². The van der Waals surface area contributed by atoms with E-state index in [-0.39, 0.29) is 11.9 Å². The topological polar surface area (TPSA) is 34.1 Å². The summed E-state index contributed by atoms with van der Waals surface area (Å²) in [5.74, 6) is -0.252. The number of hydrogen-bond donors (Lipinski definition) is 1. The van der Waals surface area contributed by atoms with Gasteiger partial charge in [-0.25, -0.2) is 9.37 Å². The molecule has 0 radical (unpaired) electrons. The number of halogens is 1. The maximum Gasteiger partial charge on any atom is 0.183 e. The molecule has 0 aliphatic heterocycles. The average molecular weight is 254 g/mol. The molecule has 1 aromatic heterocycles. The quantitative estimate of drug-likeness (QED) is 0.831. The Morgan fingerprint density at radius 3 is 3.06 bits per heavy atom. The van der Waals surface area contributed by atoms with Gasteiger partial charge in [-0.15, -0.1) is 0 Å². The number of benzene rings is 1. The first-order chi connectivity index (χ1) is 8.15. The number of nitrogens with zero attached hydrogens (tertiary/aromatic N) is 1. The standard InChI is InChI=1S/C12H15FN2OS/c1-8(2)16-6-5-14-12-15-10-7-9(13)3-4-11(10)17-12/h3-4,7-8H,5-6H2,1-2H3,(H,14,15). The molecule has 0 saturated carbocycles. The van der Waals surface area contributed by atoms with E-state index < -0.39 is 0 Å². The van der Waals surface area contributed by atoms with Crippen LogP contribution < -0.4 is 5.32 Å². The first-order valence-electron chi connectivity index (χ1n) is 5.57. The van der Waals surface area contributed by atoms with E-state index in [1.807, 2.05) is 13.8 Å². The monoisotopic (exact) mass is 254 g/mol. The van der Waals surface area contributed by atoms with Crippen molar-refractivity contribution in [1.29, 1.82) is 0 Å². The van der Waals surface area contributed by atoms with Crippen molar-refractivity contribution in [3.63, 3.8) is 0 Å². The lowest BCUT2D eigenvalue weighted by atomic mass is 10.3. The van der Waals surface area contributed by atoms with Gasteiger partial charge in [-0.2, -0.15) is 0 Å². The highest BCUT2D eigenvalue weighted by Crippen LogP contribution is 2.25. The van der Waals surface area contributed by atoms with Gasteiger partial charge in [0.25, 0.3) is 0 Å². The Labute approximate surface area is 104 Å². The van der Waals surface area contributed by atoms with Gasteiger partial charge in [0.1, 0.15) is 5.82 Å². The van der Waals surface area contributed by atoms with Crippen molar-refractivity contribution in [2.75, 3.05) is 18.5 Å². The minimum absolute atomic E-state index is 0.237. The highest BCUT2D eigenvalue weighted by Gasteiger charge is 2.04. The molecule has 0 amide bonds. The molecule has 2 rings (SSSR count). The number of hydrogen-bond acceptors (Lipinski definition) is 4. The van der Waals surface area contributed by atoms with Gasteiger partial charge in [0.2, 0.25) is 0 Å². The molecule has 0 saturated heterocycles. The van der Waals surface area contributed by atoms with Crippen LogP contribution in [-0.2, 0) is 4.74 Å². The lowest BCUT2D eigenvalue weighted by Crippen LogP contribution is -2.12. The zero-order valence-corrected chi connectivity index (χ0v) is 10.7. The van der Waals surface area contributed by atoms with Crippen LogP contribution in [0.3, 0.4) is 0 Å². The number of thiazole rings is 1. The third-order valence-corrected chi connectivity index (χ3v) is 3.17. The second-order valence-corrected chi connectivity index (χ2v) is 5.01. The maximum atomic E-state index is 13.0. The summed E-state index contributed by atoms with van der Waals surface area (Å²) < 4.78 is 19.4. The fourth-order valence-electron chi connectivity index (χ4n) is 1.43. The molecule has 1 aromatic carbocycles. The van der Waals surface area contributed by atoms with E-state index in [9.17, 15) is 4.39 Å². The first kappa shape index (κ1) is 12.3. The molecule has 0 aliphatic rings. The van der Waals surface area contributed by atoms with E-state index in [0.717, 1.165) is 9.83 Å². The van der Waals surface area contributed by atoms with E-state index in [0.29, 0.717) is 18.7 Å². The second-order valence-electron chi connectivity index (χ2n) is 3.98. The summed E-state index contributed by atoms with van der Waals surface area (Å²) in [6.07, 6.45) is 0.237. The van der Waals surface area contributed by atoms with Crippen LogP contribution in [0.5, 0.6) is 0 Å². The third-order valence-electron chi connectivity index (χ3n) is 2.18. The number of aromatic nitrogens is 1. The zero-order chi connectivity index (χ0) is 12.3. The average Bonchev–Trinajstić information content (AvgIpc) is 2.66. The molecule has 0 bridgehead atoms. The summed E-state index contributed by atoms with van der Waals surface area (Å²) in [6.45, 7) is 5.35. The highest BCUT2D eigenvalue weighted by molar-refractivity contribution is 7.22. The number of ether oxygens (including phenoxy) is 1. The largest absolute Gasteiger partial charge is 0.377 e. The zero-order valence-electron chi connectivity index (χ0n) is 9.87. The molecular formula is C12H15FN2OS. The minimum atomic E-state index is -0.252. The SMILES string of the molecule is CC(C)OCCNc1nc2cc(F)ccc2s1. The molecule has 2 aromatic rings. The summed E-state index contributed by atoms with van der Waals surface area (Å²) >= 11 is 1.52. The molecule has 0 atom stereocenters. The fourth-order valence-corrected chi connectivity index (χ4v) is 2.30. The summed E-state index contributed by atoms with van der Waals surface area (Å²) in [7, 11) is 0. The Kier molecular flexibility index (Phi) is 3.91. The van der Waals surface area contributed by atoms with Crippen LogP contribution in [0.4, 0.5) is 9.52 Å². The van der Waals surface area contributed by atoms with Gasteiger partial charge in [-0.05, 0) is 26.0 Å². The molecule has 5 heteroatoms. The van der Waals surface area contributed by atoms with Gasteiger partial charge in [-0.3, -0.25) is 0 Å². The molecular weight excluding hydrogens is 239 g/mol. The molecule has 3 nitrogen and oxygen atoms in total. The van der Waals surface area contributed by atoms with Gasteiger partial charge >= 0.3 is 0 Å². The van der Waals surface area contributed by atoms with E-state index in [1.54, 1.807) is 6.07 Å². The Bertz CT molecular complexity index is 498. The Hall–Kier alpha value is -1.20. The van der Waals surface area contributed by atoms with Crippen molar-refractivity contribution in [1.82, 2.24) is 4.98 Å². The van der Waals surface area contributed by atoms with E-state index >= 15 is 0 Å². The van der Waals surface area contributed by atoms with Crippen LogP contribution >= 0.6 is 11.3 Å². The summed E-state index contributed by atoms with van der Waals surface area (Å²) in [5, 5.41) is 3.97. The van der Waals surface area contributed by atoms with Gasteiger partial charge in [0.05, 0.1) is 22.9 Å². The van der Waals surface area contributed by atoms with Gasteiger partial charge in [0, 0.05) is 12.6 Å². The number of rotatable bonds is 5. The minimum Gasteiger partial charge on any atom is -0.377 e. The lowest BCUT2D eigenvalue weighted by Gasteiger charge is -2.07. The van der Waals surface area contributed by atoms with E-state index in [1.165, 1.54) is 23.5 Å². The van der Waals surface area contributed by atoms with Crippen molar-refractivity contribution in [2.45, 2.75) is 20.0 Å².